The molecule has 2 rings (SSSR count). The number of hydrogen-bond donors (Lipinski definition) is 0. The van der Waals surface area contributed by atoms with Crippen molar-refractivity contribution in [3.05, 3.63) is 40.5 Å². The molecule has 0 atom stereocenters. The molecule has 2 nitrogen and oxygen atoms in total. The summed E-state index contributed by atoms with van der Waals surface area (Å²) in [6.07, 6.45) is 1.72. The molecule has 0 unspecified atom stereocenters. The van der Waals surface area contributed by atoms with Gasteiger partial charge in [0.15, 0.2) is 0 Å². The summed E-state index contributed by atoms with van der Waals surface area (Å²) < 4.78 is 0.919. The molecule has 0 radical (unpaired) electrons. The summed E-state index contributed by atoms with van der Waals surface area (Å²) in [4.78, 5) is 4.19. The van der Waals surface area contributed by atoms with Gasteiger partial charge in [0.25, 0.3) is 0 Å². The van der Waals surface area contributed by atoms with Gasteiger partial charge in [-0.2, -0.15) is 5.26 Å². The topological polar surface area (TPSA) is 36.7 Å². The minimum absolute atomic E-state index is 0.659. The van der Waals surface area contributed by atoms with Crippen molar-refractivity contribution in [2.45, 2.75) is 0 Å². The smallest absolute Gasteiger partial charge is 0.0998 e. The van der Waals surface area contributed by atoms with Crippen LogP contribution >= 0.6 is 15.9 Å². The molecule has 13 heavy (non-hydrogen) atoms. The molecular weight excluding hydrogens is 228 g/mol. The first-order valence-electron chi connectivity index (χ1n) is 3.76. The van der Waals surface area contributed by atoms with Crippen LogP contribution in [0.25, 0.3) is 10.9 Å². The highest BCUT2D eigenvalue weighted by Gasteiger charge is 2.03. The van der Waals surface area contributed by atoms with Gasteiger partial charge in [-0.3, -0.25) is 4.98 Å². The van der Waals surface area contributed by atoms with Crippen molar-refractivity contribution in [2.75, 3.05) is 0 Å². The van der Waals surface area contributed by atoms with Crippen LogP contribution in [0, 0.1) is 11.3 Å². The third-order valence-electron chi connectivity index (χ3n) is 1.84. The van der Waals surface area contributed by atoms with Crippen molar-refractivity contribution < 1.29 is 0 Å². The highest BCUT2D eigenvalue weighted by molar-refractivity contribution is 9.10. The monoisotopic (exact) mass is 232 g/mol. The minimum atomic E-state index is 0.659. The van der Waals surface area contributed by atoms with Crippen molar-refractivity contribution >= 4 is 26.8 Å². The van der Waals surface area contributed by atoms with E-state index in [1.54, 1.807) is 12.3 Å². The summed E-state index contributed by atoms with van der Waals surface area (Å²) in [5, 5.41) is 9.72. The van der Waals surface area contributed by atoms with Crippen molar-refractivity contribution in [1.82, 2.24) is 4.98 Å². The van der Waals surface area contributed by atoms with E-state index in [0.29, 0.717) is 5.56 Å². The van der Waals surface area contributed by atoms with Crippen LogP contribution in [-0.4, -0.2) is 4.98 Å². The summed E-state index contributed by atoms with van der Waals surface area (Å²) in [5.74, 6) is 0. The summed E-state index contributed by atoms with van der Waals surface area (Å²) >= 11 is 3.39. The Morgan fingerprint density at radius 1 is 1.31 bits per heavy atom. The fourth-order valence-electron chi connectivity index (χ4n) is 1.24. The Labute approximate surface area is 84.0 Å². The SMILES string of the molecule is N#Cc1ccc(Br)c2ncccc12. The molecule has 1 aromatic heterocycles. The standard InChI is InChI=1S/C10H5BrN2/c11-9-4-3-7(6-12)8-2-1-5-13-10(8)9/h1-5H. The molecule has 0 aliphatic rings. The van der Waals surface area contributed by atoms with Crippen LogP contribution in [0.15, 0.2) is 34.9 Å². The molecule has 2 aromatic rings. The summed E-state index contributed by atoms with van der Waals surface area (Å²) in [7, 11) is 0. The molecule has 0 aliphatic heterocycles. The van der Waals surface area contributed by atoms with E-state index in [1.165, 1.54) is 0 Å². The lowest BCUT2D eigenvalue weighted by atomic mass is 10.1. The fraction of sp³-hybridized carbons (Fsp3) is 0. The van der Waals surface area contributed by atoms with Gasteiger partial charge in [-0.15, -0.1) is 0 Å². The highest BCUT2D eigenvalue weighted by Crippen LogP contribution is 2.24. The van der Waals surface area contributed by atoms with E-state index in [4.69, 9.17) is 5.26 Å². The van der Waals surface area contributed by atoms with E-state index >= 15 is 0 Å². The Hall–Kier alpha value is -1.40. The number of halogens is 1. The van der Waals surface area contributed by atoms with Gasteiger partial charge in [-0.05, 0) is 40.2 Å². The molecule has 0 aliphatic carbocycles. The van der Waals surface area contributed by atoms with Crippen LogP contribution in [0.5, 0.6) is 0 Å². The lowest BCUT2D eigenvalue weighted by molar-refractivity contribution is 1.39. The number of nitriles is 1. The fourth-order valence-corrected chi connectivity index (χ4v) is 1.68. The first-order valence-corrected chi connectivity index (χ1v) is 4.55. The molecule has 0 spiro atoms. The number of fused-ring (bicyclic) bond motifs is 1. The Bertz CT molecular complexity index is 500. The maximum absolute atomic E-state index is 8.83. The quantitative estimate of drug-likeness (QED) is 0.701. The zero-order valence-electron chi connectivity index (χ0n) is 6.66. The summed E-state index contributed by atoms with van der Waals surface area (Å²) in [6.45, 7) is 0. The molecule has 0 fully saturated rings. The molecule has 62 valence electrons. The molecule has 3 heteroatoms. The molecule has 0 saturated carbocycles. The molecule has 0 saturated heterocycles. The van der Waals surface area contributed by atoms with E-state index in [1.807, 2.05) is 18.2 Å². The van der Waals surface area contributed by atoms with Crippen molar-refractivity contribution in [2.24, 2.45) is 0 Å². The maximum atomic E-state index is 8.83. The van der Waals surface area contributed by atoms with E-state index in [9.17, 15) is 0 Å². The van der Waals surface area contributed by atoms with Gasteiger partial charge < -0.3 is 0 Å². The summed E-state index contributed by atoms with van der Waals surface area (Å²) in [5.41, 5.74) is 1.49. The Morgan fingerprint density at radius 2 is 2.15 bits per heavy atom. The van der Waals surface area contributed by atoms with Crippen LogP contribution in [0.1, 0.15) is 5.56 Å². The molecule has 0 N–H and O–H groups in total. The molecule has 0 amide bonds. The second-order valence-electron chi connectivity index (χ2n) is 2.61. The second kappa shape index (κ2) is 3.15. The van der Waals surface area contributed by atoms with E-state index < -0.39 is 0 Å². The number of nitrogens with zero attached hydrogens (tertiary/aromatic N) is 2. The van der Waals surface area contributed by atoms with Crippen LogP contribution < -0.4 is 0 Å². The lowest BCUT2D eigenvalue weighted by Crippen LogP contribution is -1.83. The van der Waals surface area contributed by atoms with Crippen LogP contribution in [0.4, 0.5) is 0 Å². The number of benzene rings is 1. The number of pyridine rings is 1. The van der Waals surface area contributed by atoms with Crippen LogP contribution in [-0.2, 0) is 0 Å². The average molecular weight is 233 g/mol. The summed E-state index contributed by atoms with van der Waals surface area (Å²) in [6, 6.07) is 9.49. The Balaban J connectivity index is 2.95. The highest BCUT2D eigenvalue weighted by atomic mass is 79.9. The van der Waals surface area contributed by atoms with Gasteiger partial charge in [-0.25, -0.2) is 0 Å². The number of hydrogen-bond acceptors (Lipinski definition) is 2. The predicted octanol–water partition coefficient (Wildman–Crippen LogP) is 2.87. The molecule has 1 heterocycles. The Morgan fingerprint density at radius 3 is 2.92 bits per heavy atom. The van der Waals surface area contributed by atoms with E-state index in [2.05, 4.69) is 27.0 Å². The minimum Gasteiger partial charge on any atom is -0.255 e. The second-order valence-corrected chi connectivity index (χ2v) is 3.46. The molecule has 1 aromatic carbocycles. The van der Waals surface area contributed by atoms with E-state index in [0.717, 1.165) is 15.4 Å². The normalized spacial score (nSPS) is 9.85. The van der Waals surface area contributed by atoms with Gasteiger partial charge in [0, 0.05) is 16.1 Å². The van der Waals surface area contributed by atoms with Gasteiger partial charge in [-0.1, -0.05) is 0 Å². The third kappa shape index (κ3) is 1.30. The predicted molar refractivity (Wildman–Crippen MR) is 54.2 cm³/mol. The van der Waals surface area contributed by atoms with Gasteiger partial charge >= 0.3 is 0 Å². The molecule has 0 bridgehead atoms. The van der Waals surface area contributed by atoms with Crippen molar-refractivity contribution in [3.8, 4) is 6.07 Å². The van der Waals surface area contributed by atoms with E-state index in [-0.39, 0.29) is 0 Å². The average Bonchev–Trinajstić information content (AvgIpc) is 2.19. The van der Waals surface area contributed by atoms with Crippen molar-refractivity contribution in [3.63, 3.8) is 0 Å². The first kappa shape index (κ1) is 8.21. The third-order valence-corrected chi connectivity index (χ3v) is 2.48. The Kier molecular flexibility index (Phi) is 1.99. The van der Waals surface area contributed by atoms with Crippen molar-refractivity contribution in [1.29, 1.82) is 5.26 Å². The zero-order chi connectivity index (χ0) is 9.26. The van der Waals surface area contributed by atoms with Gasteiger partial charge in [0.2, 0.25) is 0 Å². The van der Waals surface area contributed by atoms with Crippen LogP contribution in [0.3, 0.4) is 0 Å². The largest absolute Gasteiger partial charge is 0.255 e. The lowest BCUT2D eigenvalue weighted by Gasteiger charge is -1.99. The van der Waals surface area contributed by atoms with Gasteiger partial charge in [0.05, 0.1) is 17.1 Å². The first-order chi connectivity index (χ1) is 6.33. The number of aromatic nitrogens is 1. The van der Waals surface area contributed by atoms with Gasteiger partial charge in [0.1, 0.15) is 0 Å². The zero-order valence-corrected chi connectivity index (χ0v) is 8.25. The van der Waals surface area contributed by atoms with Crippen LogP contribution in [0.2, 0.25) is 0 Å². The number of rotatable bonds is 0. The molecular formula is C10H5BrN2. The maximum Gasteiger partial charge on any atom is 0.0998 e.